The van der Waals surface area contributed by atoms with Crippen molar-refractivity contribution < 1.29 is 9.90 Å². The molecule has 1 fully saturated rings. The van der Waals surface area contributed by atoms with Gasteiger partial charge >= 0.3 is 0 Å². The van der Waals surface area contributed by atoms with E-state index in [-0.39, 0.29) is 17.7 Å². The molecule has 1 aromatic heterocycles. The molecule has 1 amide bonds. The molecular formula is C18H21N3O2S. The number of phenols is 1. The van der Waals surface area contributed by atoms with Crippen molar-refractivity contribution in [3.05, 3.63) is 46.3 Å². The second kappa shape index (κ2) is 6.45. The number of phenolic OH excluding ortho intramolecular Hbond substituents is 1. The number of rotatable bonds is 3. The maximum Gasteiger partial charge on any atom is 0.251 e. The van der Waals surface area contributed by atoms with Gasteiger partial charge < -0.3 is 20.6 Å². The Morgan fingerprint density at radius 3 is 2.92 bits per heavy atom. The van der Waals surface area contributed by atoms with Crippen molar-refractivity contribution in [1.82, 2.24) is 10.6 Å². The Hall–Kier alpha value is -2.05. The van der Waals surface area contributed by atoms with Gasteiger partial charge in [0.15, 0.2) is 0 Å². The standard InChI is InChI=1S/C18H21N3O2S/c22-16-6-5-13(18(23)20-12-3-1-7-19-9-12)14-10-21(11-15(14)16)17-4-2-8-24-17/h2,4-6,8,12,19,22H,1,3,7,9-11H2,(H,20,23). The number of hydrogen-bond acceptors (Lipinski definition) is 5. The third-order valence-electron chi connectivity index (χ3n) is 4.80. The number of aromatic hydroxyl groups is 1. The molecular weight excluding hydrogens is 322 g/mol. The first-order chi connectivity index (χ1) is 11.7. The predicted octanol–water partition coefficient (Wildman–Crippen LogP) is 2.46. The van der Waals surface area contributed by atoms with Gasteiger partial charge in [0, 0.05) is 36.8 Å². The van der Waals surface area contributed by atoms with Crippen LogP contribution in [-0.4, -0.2) is 30.1 Å². The highest BCUT2D eigenvalue weighted by molar-refractivity contribution is 7.14. The molecule has 3 heterocycles. The summed E-state index contributed by atoms with van der Waals surface area (Å²) in [7, 11) is 0. The van der Waals surface area contributed by atoms with Crippen molar-refractivity contribution in [1.29, 1.82) is 0 Å². The number of anilines is 1. The zero-order valence-corrected chi connectivity index (χ0v) is 14.2. The Bertz CT molecular complexity index is 739. The van der Waals surface area contributed by atoms with E-state index < -0.39 is 0 Å². The topological polar surface area (TPSA) is 64.6 Å². The summed E-state index contributed by atoms with van der Waals surface area (Å²) >= 11 is 1.67. The molecule has 6 heteroatoms. The van der Waals surface area contributed by atoms with E-state index in [1.807, 2.05) is 11.4 Å². The van der Waals surface area contributed by atoms with Gasteiger partial charge in [0.1, 0.15) is 5.75 Å². The van der Waals surface area contributed by atoms with Crippen LogP contribution in [0.2, 0.25) is 0 Å². The van der Waals surface area contributed by atoms with E-state index in [0.717, 1.165) is 42.1 Å². The van der Waals surface area contributed by atoms with Gasteiger partial charge in [-0.05, 0) is 54.6 Å². The highest BCUT2D eigenvalue weighted by Gasteiger charge is 2.28. The minimum absolute atomic E-state index is 0.0343. The minimum Gasteiger partial charge on any atom is -0.508 e. The van der Waals surface area contributed by atoms with Crippen LogP contribution in [0.4, 0.5) is 5.00 Å². The lowest BCUT2D eigenvalue weighted by Gasteiger charge is -2.24. The molecule has 1 atom stereocenters. The Balaban J connectivity index is 1.57. The van der Waals surface area contributed by atoms with E-state index in [1.165, 1.54) is 0 Å². The molecule has 0 aliphatic carbocycles. The summed E-state index contributed by atoms with van der Waals surface area (Å²) in [6.45, 7) is 3.16. The first-order valence-electron chi connectivity index (χ1n) is 8.36. The van der Waals surface area contributed by atoms with Gasteiger partial charge in [-0.25, -0.2) is 0 Å². The molecule has 4 rings (SSSR count). The quantitative estimate of drug-likeness (QED) is 0.801. The van der Waals surface area contributed by atoms with Crippen molar-refractivity contribution in [2.75, 3.05) is 18.0 Å². The smallest absolute Gasteiger partial charge is 0.251 e. The number of carbonyl (C=O) groups is 1. The highest BCUT2D eigenvalue weighted by atomic mass is 32.1. The SMILES string of the molecule is O=C(NC1CCCNC1)c1ccc(O)c2c1CN(c1cccs1)C2. The molecule has 1 aromatic carbocycles. The molecule has 5 nitrogen and oxygen atoms in total. The number of amides is 1. The van der Waals surface area contributed by atoms with Crippen LogP contribution in [-0.2, 0) is 13.1 Å². The summed E-state index contributed by atoms with van der Waals surface area (Å²) < 4.78 is 0. The monoisotopic (exact) mass is 343 g/mol. The first kappa shape index (κ1) is 15.5. The van der Waals surface area contributed by atoms with E-state index in [0.29, 0.717) is 18.7 Å². The molecule has 0 radical (unpaired) electrons. The van der Waals surface area contributed by atoms with E-state index in [4.69, 9.17) is 0 Å². The zero-order valence-electron chi connectivity index (χ0n) is 13.4. The summed E-state index contributed by atoms with van der Waals surface area (Å²) in [4.78, 5) is 14.9. The van der Waals surface area contributed by atoms with Crippen LogP contribution in [0.3, 0.4) is 0 Å². The third-order valence-corrected chi connectivity index (χ3v) is 5.73. The molecule has 3 N–H and O–H groups in total. The molecule has 1 unspecified atom stereocenters. The van der Waals surface area contributed by atoms with Crippen LogP contribution in [0.25, 0.3) is 0 Å². The average Bonchev–Trinajstić information content (AvgIpc) is 3.26. The fraction of sp³-hybridized carbons (Fsp3) is 0.389. The summed E-state index contributed by atoms with van der Waals surface area (Å²) in [6.07, 6.45) is 2.10. The molecule has 0 saturated carbocycles. The number of piperidine rings is 1. The van der Waals surface area contributed by atoms with Gasteiger partial charge in [0.2, 0.25) is 0 Å². The second-order valence-corrected chi connectivity index (χ2v) is 7.34. The summed E-state index contributed by atoms with van der Waals surface area (Å²) in [6, 6.07) is 7.67. The average molecular weight is 343 g/mol. The predicted molar refractivity (Wildman–Crippen MR) is 95.7 cm³/mol. The van der Waals surface area contributed by atoms with Crippen LogP contribution >= 0.6 is 11.3 Å². The Kier molecular flexibility index (Phi) is 4.16. The number of benzene rings is 1. The van der Waals surface area contributed by atoms with E-state index in [9.17, 15) is 9.90 Å². The molecule has 126 valence electrons. The second-order valence-electron chi connectivity index (χ2n) is 6.41. The van der Waals surface area contributed by atoms with Crippen LogP contribution < -0.4 is 15.5 Å². The Morgan fingerprint density at radius 1 is 1.29 bits per heavy atom. The fourth-order valence-corrected chi connectivity index (χ4v) is 4.26. The van der Waals surface area contributed by atoms with Gasteiger partial charge in [-0.1, -0.05) is 0 Å². The van der Waals surface area contributed by atoms with E-state index in [2.05, 4.69) is 21.6 Å². The van der Waals surface area contributed by atoms with Crippen LogP contribution in [0.5, 0.6) is 5.75 Å². The molecule has 1 saturated heterocycles. The van der Waals surface area contributed by atoms with Gasteiger partial charge in [-0.15, -0.1) is 11.3 Å². The van der Waals surface area contributed by atoms with Crippen LogP contribution in [0, 0.1) is 0 Å². The fourth-order valence-electron chi connectivity index (χ4n) is 3.53. The maximum absolute atomic E-state index is 12.7. The maximum atomic E-state index is 12.7. The molecule has 0 spiro atoms. The number of carbonyl (C=O) groups excluding carboxylic acids is 1. The molecule has 2 aliphatic rings. The van der Waals surface area contributed by atoms with Crippen LogP contribution in [0.1, 0.15) is 34.3 Å². The molecule has 2 aliphatic heterocycles. The lowest BCUT2D eigenvalue weighted by Crippen LogP contribution is -2.45. The number of nitrogens with zero attached hydrogens (tertiary/aromatic N) is 1. The van der Waals surface area contributed by atoms with Gasteiger partial charge in [0.05, 0.1) is 5.00 Å². The largest absolute Gasteiger partial charge is 0.508 e. The normalized spacial score (nSPS) is 20.0. The number of hydrogen-bond donors (Lipinski definition) is 3. The van der Waals surface area contributed by atoms with Gasteiger partial charge in [0.25, 0.3) is 5.91 Å². The Labute approximate surface area is 145 Å². The van der Waals surface area contributed by atoms with Gasteiger partial charge in [-0.3, -0.25) is 4.79 Å². The molecule has 24 heavy (non-hydrogen) atoms. The van der Waals surface area contributed by atoms with Crippen molar-refractivity contribution in [3.63, 3.8) is 0 Å². The van der Waals surface area contributed by atoms with Crippen molar-refractivity contribution in [2.24, 2.45) is 0 Å². The van der Waals surface area contributed by atoms with Crippen molar-refractivity contribution >= 4 is 22.2 Å². The van der Waals surface area contributed by atoms with E-state index in [1.54, 1.807) is 23.5 Å². The number of nitrogens with one attached hydrogen (secondary N) is 2. The highest BCUT2D eigenvalue weighted by Crippen LogP contribution is 2.37. The lowest BCUT2D eigenvalue weighted by molar-refractivity contribution is 0.0930. The number of fused-ring (bicyclic) bond motifs is 1. The minimum atomic E-state index is -0.0343. The lowest BCUT2D eigenvalue weighted by atomic mass is 10.0. The molecule has 0 bridgehead atoms. The first-order valence-corrected chi connectivity index (χ1v) is 9.24. The summed E-state index contributed by atoms with van der Waals surface area (Å²) in [5.41, 5.74) is 2.51. The van der Waals surface area contributed by atoms with Crippen molar-refractivity contribution in [3.8, 4) is 5.75 Å². The Morgan fingerprint density at radius 2 is 2.17 bits per heavy atom. The van der Waals surface area contributed by atoms with E-state index >= 15 is 0 Å². The zero-order chi connectivity index (χ0) is 16.5. The van der Waals surface area contributed by atoms with Gasteiger partial charge in [-0.2, -0.15) is 0 Å². The number of thiophene rings is 1. The molecule has 2 aromatic rings. The van der Waals surface area contributed by atoms with Crippen molar-refractivity contribution in [2.45, 2.75) is 32.0 Å². The summed E-state index contributed by atoms with van der Waals surface area (Å²) in [5.74, 6) is 0.243. The summed E-state index contributed by atoms with van der Waals surface area (Å²) in [5, 5.41) is 19.9. The van der Waals surface area contributed by atoms with Crippen LogP contribution in [0.15, 0.2) is 29.6 Å². The third kappa shape index (κ3) is 2.87.